The molecule has 2 unspecified atom stereocenters. The molecule has 0 aromatic carbocycles. The van der Waals surface area contributed by atoms with Gasteiger partial charge in [-0.05, 0) is 18.6 Å². The first-order valence-electron chi connectivity index (χ1n) is 4.36. The Morgan fingerprint density at radius 1 is 1.50 bits per heavy atom. The van der Waals surface area contributed by atoms with Crippen LogP contribution < -0.4 is 0 Å². The quantitative estimate of drug-likeness (QED) is 0.753. The second-order valence-electron chi connectivity index (χ2n) is 3.30. The standard InChI is InChI=1S/C10H13NO3/c1-6-3-4-8(5-11-6)7(2)9(12)10(13)14/h3-5,7,9,12H,1-2H3,(H,13,14). The lowest BCUT2D eigenvalue weighted by molar-refractivity contribution is -0.147. The monoisotopic (exact) mass is 195 g/mol. The molecular formula is C10H13NO3. The Balaban J connectivity index is 2.84. The molecular weight excluding hydrogens is 182 g/mol. The average Bonchev–Trinajstić information content (AvgIpc) is 2.16. The fraction of sp³-hybridized carbons (Fsp3) is 0.400. The molecule has 1 aromatic rings. The molecule has 0 amide bonds. The molecule has 1 rings (SSSR count). The van der Waals surface area contributed by atoms with Gasteiger partial charge in [0.15, 0.2) is 6.10 Å². The van der Waals surface area contributed by atoms with Gasteiger partial charge in [-0.3, -0.25) is 4.98 Å². The van der Waals surface area contributed by atoms with Crippen molar-refractivity contribution in [2.24, 2.45) is 0 Å². The zero-order valence-electron chi connectivity index (χ0n) is 8.14. The highest BCUT2D eigenvalue weighted by Crippen LogP contribution is 2.18. The molecule has 0 saturated heterocycles. The van der Waals surface area contributed by atoms with E-state index >= 15 is 0 Å². The van der Waals surface area contributed by atoms with Crippen LogP contribution in [0, 0.1) is 6.92 Å². The van der Waals surface area contributed by atoms with E-state index in [1.807, 2.05) is 6.92 Å². The number of aliphatic hydroxyl groups excluding tert-OH is 1. The Morgan fingerprint density at radius 3 is 2.57 bits per heavy atom. The Labute approximate surface area is 82.2 Å². The van der Waals surface area contributed by atoms with Crippen molar-refractivity contribution >= 4 is 5.97 Å². The molecule has 0 saturated carbocycles. The van der Waals surface area contributed by atoms with Gasteiger partial charge in [0.2, 0.25) is 0 Å². The summed E-state index contributed by atoms with van der Waals surface area (Å²) >= 11 is 0. The molecule has 1 heterocycles. The highest BCUT2D eigenvalue weighted by Gasteiger charge is 2.22. The lowest BCUT2D eigenvalue weighted by atomic mass is 9.97. The van der Waals surface area contributed by atoms with Crippen LogP contribution in [0.2, 0.25) is 0 Å². The number of carboxylic acids is 1. The summed E-state index contributed by atoms with van der Waals surface area (Å²) in [7, 11) is 0. The largest absolute Gasteiger partial charge is 0.479 e. The Kier molecular flexibility index (Phi) is 3.19. The number of carboxylic acid groups (broad SMARTS) is 1. The number of rotatable bonds is 3. The van der Waals surface area contributed by atoms with Crippen LogP contribution in [0.25, 0.3) is 0 Å². The number of pyridine rings is 1. The van der Waals surface area contributed by atoms with Gasteiger partial charge < -0.3 is 10.2 Å². The van der Waals surface area contributed by atoms with Crippen molar-refractivity contribution in [3.05, 3.63) is 29.6 Å². The number of aliphatic carboxylic acids is 1. The van der Waals surface area contributed by atoms with Gasteiger partial charge in [0.25, 0.3) is 0 Å². The molecule has 0 bridgehead atoms. The maximum absolute atomic E-state index is 10.5. The summed E-state index contributed by atoms with van der Waals surface area (Å²) in [6, 6.07) is 3.57. The van der Waals surface area contributed by atoms with Crippen LogP contribution in [0.4, 0.5) is 0 Å². The molecule has 14 heavy (non-hydrogen) atoms. The Hall–Kier alpha value is -1.42. The lowest BCUT2D eigenvalue weighted by Crippen LogP contribution is -2.25. The number of aliphatic hydroxyl groups is 1. The summed E-state index contributed by atoms with van der Waals surface area (Å²) < 4.78 is 0. The van der Waals surface area contributed by atoms with E-state index in [-0.39, 0.29) is 0 Å². The predicted molar refractivity (Wildman–Crippen MR) is 51.0 cm³/mol. The van der Waals surface area contributed by atoms with Gasteiger partial charge >= 0.3 is 5.97 Å². The zero-order chi connectivity index (χ0) is 10.7. The molecule has 0 spiro atoms. The molecule has 0 aliphatic carbocycles. The number of nitrogens with zero attached hydrogens (tertiary/aromatic N) is 1. The van der Waals surface area contributed by atoms with Gasteiger partial charge in [0, 0.05) is 17.8 Å². The summed E-state index contributed by atoms with van der Waals surface area (Å²) in [6.45, 7) is 3.51. The first kappa shape index (κ1) is 10.7. The molecule has 4 nitrogen and oxygen atoms in total. The molecule has 0 aliphatic heterocycles. The Bertz CT molecular complexity index is 321. The maximum Gasteiger partial charge on any atom is 0.333 e. The van der Waals surface area contributed by atoms with Crippen LogP contribution >= 0.6 is 0 Å². The third-order valence-electron chi connectivity index (χ3n) is 2.19. The Morgan fingerprint density at radius 2 is 2.14 bits per heavy atom. The number of hydrogen-bond acceptors (Lipinski definition) is 3. The van der Waals surface area contributed by atoms with Crippen molar-refractivity contribution in [1.82, 2.24) is 4.98 Å². The van der Waals surface area contributed by atoms with Gasteiger partial charge in [-0.2, -0.15) is 0 Å². The fourth-order valence-electron chi connectivity index (χ4n) is 1.14. The topological polar surface area (TPSA) is 70.4 Å². The van der Waals surface area contributed by atoms with Crippen molar-refractivity contribution in [2.45, 2.75) is 25.9 Å². The van der Waals surface area contributed by atoms with Crippen molar-refractivity contribution < 1.29 is 15.0 Å². The van der Waals surface area contributed by atoms with Gasteiger partial charge in [-0.1, -0.05) is 13.0 Å². The minimum absolute atomic E-state index is 0.444. The third kappa shape index (κ3) is 2.29. The highest BCUT2D eigenvalue weighted by molar-refractivity contribution is 5.73. The summed E-state index contributed by atoms with van der Waals surface area (Å²) in [6.07, 6.45) is 0.214. The molecule has 1 aromatic heterocycles. The second-order valence-corrected chi connectivity index (χ2v) is 3.30. The fourth-order valence-corrected chi connectivity index (χ4v) is 1.14. The number of aryl methyl sites for hydroxylation is 1. The maximum atomic E-state index is 10.5. The minimum Gasteiger partial charge on any atom is -0.479 e. The molecule has 4 heteroatoms. The van der Waals surface area contributed by atoms with E-state index in [2.05, 4.69) is 4.98 Å². The number of aromatic nitrogens is 1. The van der Waals surface area contributed by atoms with E-state index < -0.39 is 18.0 Å². The summed E-state index contributed by atoms with van der Waals surface area (Å²) in [4.78, 5) is 14.5. The normalized spacial score (nSPS) is 14.8. The summed E-state index contributed by atoms with van der Waals surface area (Å²) in [5.74, 6) is -1.65. The van der Waals surface area contributed by atoms with Crippen LogP contribution in [0.15, 0.2) is 18.3 Å². The van der Waals surface area contributed by atoms with Crippen LogP contribution in [0.3, 0.4) is 0 Å². The molecule has 0 aliphatic rings. The highest BCUT2D eigenvalue weighted by atomic mass is 16.4. The first-order chi connectivity index (χ1) is 6.52. The number of carbonyl (C=O) groups is 1. The molecule has 76 valence electrons. The minimum atomic E-state index is -1.38. The van der Waals surface area contributed by atoms with Crippen molar-refractivity contribution in [2.75, 3.05) is 0 Å². The SMILES string of the molecule is Cc1ccc(C(C)C(O)C(=O)O)cn1. The van der Waals surface area contributed by atoms with Gasteiger partial charge in [-0.25, -0.2) is 4.79 Å². The van der Waals surface area contributed by atoms with Gasteiger partial charge in [0.1, 0.15) is 0 Å². The molecule has 2 N–H and O–H groups in total. The second kappa shape index (κ2) is 4.19. The zero-order valence-corrected chi connectivity index (χ0v) is 8.14. The summed E-state index contributed by atoms with van der Waals surface area (Å²) in [5, 5.41) is 17.9. The predicted octanol–water partition coefficient (Wildman–Crippen LogP) is 0.939. The molecule has 0 radical (unpaired) electrons. The van der Waals surface area contributed by atoms with Crippen LogP contribution in [-0.2, 0) is 4.79 Å². The lowest BCUT2D eigenvalue weighted by Gasteiger charge is -2.14. The average molecular weight is 195 g/mol. The smallest absolute Gasteiger partial charge is 0.333 e. The molecule has 0 fully saturated rings. The van der Waals surface area contributed by atoms with E-state index in [1.165, 1.54) is 0 Å². The van der Waals surface area contributed by atoms with Gasteiger partial charge in [-0.15, -0.1) is 0 Å². The van der Waals surface area contributed by atoms with Crippen LogP contribution in [-0.4, -0.2) is 27.3 Å². The van der Waals surface area contributed by atoms with Crippen LogP contribution in [0.1, 0.15) is 24.1 Å². The van der Waals surface area contributed by atoms with E-state index in [1.54, 1.807) is 25.3 Å². The van der Waals surface area contributed by atoms with Crippen molar-refractivity contribution in [1.29, 1.82) is 0 Å². The number of hydrogen-bond donors (Lipinski definition) is 2. The third-order valence-corrected chi connectivity index (χ3v) is 2.19. The molecule has 2 atom stereocenters. The van der Waals surface area contributed by atoms with Gasteiger partial charge in [0.05, 0.1) is 0 Å². The summed E-state index contributed by atoms with van der Waals surface area (Å²) in [5.41, 5.74) is 1.59. The van der Waals surface area contributed by atoms with Crippen LogP contribution in [0.5, 0.6) is 0 Å². The van der Waals surface area contributed by atoms with E-state index in [0.29, 0.717) is 0 Å². The first-order valence-corrected chi connectivity index (χ1v) is 4.36. The van der Waals surface area contributed by atoms with E-state index in [4.69, 9.17) is 5.11 Å². The van der Waals surface area contributed by atoms with Crippen molar-refractivity contribution in [3.63, 3.8) is 0 Å². The van der Waals surface area contributed by atoms with Crippen molar-refractivity contribution in [3.8, 4) is 0 Å². The van der Waals surface area contributed by atoms with E-state index in [9.17, 15) is 9.90 Å². The van der Waals surface area contributed by atoms with E-state index in [0.717, 1.165) is 11.3 Å².